The lowest BCUT2D eigenvalue weighted by Crippen LogP contribution is -2.48. The molecule has 1 aromatic rings. The van der Waals surface area contributed by atoms with E-state index in [0.29, 0.717) is 6.54 Å². The molecule has 0 aliphatic carbocycles. The van der Waals surface area contributed by atoms with Gasteiger partial charge in [0.25, 0.3) is 0 Å². The summed E-state index contributed by atoms with van der Waals surface area (Å²) in [6.45, 7) is 8.32. The van der Waals surface area contributed by atoms with Gasteiger partial charge in [-0.3, -0.25) is 0 Å². The van der Waals surface area contributed by atoms with Gasteiger partial charge in [-0.1, -0.05) is 36.7 Å². The van der Waals surface area contributed by atoms with Gasteiger partial charge in [0.1, 0.15) is 0 Å². The Labute approximate surface area is 154 Å². The first-order chi connectivity index (χ1) is 11.7. The van der Waals surface area contributed by atoms with Crippen molar-refractivity contribution in [3.8, 4) is 0 Å². The van der Waals surface area contributed by atoms with E-state index in [-0.39, 0.29) is 4.75 Å². The van der Waals surface area contributed by atoms with Crippen molar-refractivity contribution in [3.05, 3.63) is 34.9 Å². The molecule has 1 aliphatic rings. The predicted molar refractivity (Wildman–Crippen MR) is 105 cm³/mol. The molecule has 0 aromatic heterocycles. The molecule has 0 radical (unpaired) electrons. The fourth-order valence-corrected chi connectivity index (χ4v) is 4.24. The van der Waals surface area contributed by atoms with E-state index in [4.69, 9.17) is 16.3 Å². The second-order valence-electron chi connectivity index (χ2n) is 5.87. The van der Waals surface area contributed by atoms with Gasteiger partial charge in [0.2, 0.25) is 0 Å². The number of guanidine groups is 1. The SMILES string of the molecule is CCNC(=NCc1ccccc1Cl)NCC1(SCC)CCOCC1. The van der Waals surface area contributed by atoms with Gasteiger partial charge in [-0.2, -0.15) is 11.8 Å². The minimum atomic E-state index is 0.244. The van der Waals surface area contributed by atoms with Crippen LogP contribution in [0.25, 0.3) is 0 Å². The van der Waals surface area contributed by atoms with Crippen molar-refractivity contribution in [2.75, 3.05) is 32.1 Å². The largest absolute Gasteiger partial charge is 0.381 e. The maximum atomic E-state index is 6.22. The van der Waals surface area contributed by atoms with Crippen molar-refractivity contribution in [1.29, 1.82) is 0 Å². The lowest BCUT2D eigenvalue weighted by molar-refractivity contribution is 0.0782. The molecule has 1 heterocycles. The topological polar surface area (TPSA) is 45.7 Å². The molecule has 2 N–H and O–H groups in total. The van der Waals surface area contributed by atoms with E-state index in [1.54, 1.807) is 0 Å². The summed E-state index contributed by atoms with van der Waals surface area (Å²) >= 11 is 8.25. The molecule has 1 aliphatic heterocycles. The van der Waals surface area contributed by atoms with E-state index in [1.165, 1.54) is 0 Å². The first-order valence-electron chi connectivity index (χ1n) is 8.66. The number of hydrogen-bond donors (Lipinski definition) is 2. The highest BCUT2D eigenvalue weighted by molar-refractivity contribution is 8.00. The minimum absolute atomic E-state index is 0.244. The lowest BCUT2D eigenvalue weighted by atomic mass is 9.99. The van der Waals surface area contributed by atoms with Crippen molar-refractivity contribution >= 4 is 29.3 Å². The number of rotatable bonds is 7. The van der Waals surface area contributed by atoms with Crippen LogP contribution < -0.4 is 10.6 Å². The second-order valence-corrected chi connectivity index (χ2v) is 8.01. The van der Waals surface area contributed by atoms with Crippen LogP contribution in [0.2, 0.25) is 5.02 Å². The summed E-state index contributed by atoms with van der Waals surface area (Å²) < 4.78 is 5.79. The number of benzene rings is 1. The molecular weight excluding hydrogens is 342 g/mol. The van der Waals surface area contributed by atoms with Crippen molar-refractivity contribution in [3.63, 3.8) is 0 Å². The predicted octanol–water partition coefficient (Wildman–Crippen LogP) is 3.70. The van der Waals surface area contributed by atoms with Crippen LogP contribution >= 0.6 is 23.4 Å². The number of hydrogen-bond acceptors (Lipinski definition) is 3. The summed E-state index contributed by atoms with van der Waals surface area (Å²) in [5, 5.41) is 7.62. The highest BCUT2D eigenvalue weighted by Gasteiger charge is 2.32. The summed E-state index contributed by atoms with van der Waals surface area (Å²) in [6, 6.07) is 7.85. The highest BCUT2D eigenvalue weighted by atomic mass is 35.5. The molecule has 0 unspecified atom stereocenters. The van der Waals surface area contributed by atoms with E-state index in [2.05, 4.69) is 29.5 Å². The molecule has 6 heteroatoms. The Morgan fingerprint density at radius 1 is 1.25 bits per heavy atom. The maximum absolute atomic E-state index is 6.22. The molecule has 0 bridgehead atoms. The zero-order valence-electron chi connectivity index (χ0n) is 14.6. The molecule has 0 saturated carbocycles. The number of halogens is 1. The molecule has 134 valence electrons. The average Bonchev–Trinajstić information content (AvgIpc) is 2.60. The van der Waals surface area contributed by atoms with Gasteiger partial charge in [-0.05, 0) is 37.1 Å². The van der Waals surface area contributed by atoms with Crippen molar-refractivity contribution < 1.29 is 4.74 Å². The van der Waals surface area contributed by atoms with Gasteiger partial charge in [-0.15, -0.1) is 0 Å². The standard InChI is InChI=1S/C18H28ClN3OS/c1-3-20-17(21-13-15-7-5-6-8-16(15)19)22-14-18(24-4-2)9-11-23-12-10-18/h5-8H,3-4,9-14H2,1-2H3,(H2,20,21,22). The van der Waals surface area contributed by atoms with Crippen molar-refractivity contribution in [2.45, 2.75) is 38.0 Å². The molecule has 24 heavy (non-hydrogen) atoms. The molecule has 1 aromatic carbocycles. The smallest absolute Gasteiger partial charge is 0.191 e. The monoisotopic (exact) mass is 369 g/mol. The molecule has 4 nitrogen and oxygen atoms in total. The van der Waals surface area contributed by atoms with Gasteiger partial charge in [0, 0.05) is 36.1 Å². The number of nitrogens with one attached hydrogen (secondary N) is 2. The Kier molecular flexibility index (Phi) is 8.22. The third-order valence-corrected chi connectivity index (χ3v) is 5.96. The van der Waals surface area contributed by atoms with E-state index in [9.17, 15) is 0 Å². The van der Waals surface area contributed by atoms with E-state index < -0.39 is 0 Å². The zero-order valence-corrected chi connectivity index (χ0v) is 16.2. The van der Waals surface area contributed by atoms with Crippen molar-refractivity contribution in [2.24, 2.45) is 4.99 Å². The number of thioether (sulfide) groups is 1. The summed E-state index contributed by atoms with van der Waals surface area (Å²) in [5.41, 5.74) is 1.04. The van der Waals surface area contributed by atoms with Crippen LogP contribution in [0, 0.1) is 0 Å². The molecule has 2 rings (SSSR count). The Hall–Kier alpha value is -0.910. The molecular formula is C18H28ClN3OS. The van der Waals surface area contributed by atoms with Crippen LogP contribution in [0.1, 0.15) is 32.3 Å². The summed E-state index contributed by atoms with van der Waals surface area (Å²) in [7, 11) is 0. The molecule has 0 spiro atoms. The average molecular weight is 370 g/mol. The molecule has 1 fully saturated rings. The zero-order chi connectivity index (χ0) is 17.3. The molecule has 0 atom stereocenters. The summed E-state index contributed by atoms with van der Waals surface area (Å²) in [5.74, 6) is 1.97. The van der Waals surface area contributed by atoms with Gasteiger partial charge in [-0.25, -0.2) is 4.99 Å². The fourth-order valence-electron chi connectivity index (χ4n) is 2.80. The Morgan fingerprint density at radius 2 is 2.00 bits per heavy atom. The molecule has 0 amide bonds. The van der Waals surface area contributed by atoms with Gasteiger partial charge < -0.3 is 15.4 Å². The lowest BCUT2D eigenvalue weighted by Gasteiger charge is -2.37. The number of ether oxygens (including phenoxy) is 1. The van der Waals surface area contributed by atoms with Crippen LogP contribution in [-0.2, 0) is 11.3 Å². The normalized spacial score (nSPS) is 17.5. The Bertz CT molecular complexity index is 527. The van der Waals surface area contributed by atoms with Crippen LogP contribution in [0.3, 0.4) is 0 Å². The van der Waals surface area contributed by atoms with E-state index in [1.807, 2.05) is 36.0 Å². The third-order valence-electron chi connectivity index (χ3n) is 4.14. The fraction of sp³-hybridized carbons (Fsp3) is 0.611. The number of nitrogens with zero attached hydrogens (tertiary/aromatic N) is 1. The first kappa shape index (κ1) is 19.4. The number of aliphatic imine (C=N–C) groups is 1. The quantitative estimate of drug-likeness (QED) is 0.568. The Morgan fingerprint density at radius 3 is 2.67 bits per heavy atom. The van der Waals surface area contributed by atoms with Crippen LogP contribution in [-0.4, -0.2) is 42.8 Å². The highest BCUT2D eigenvalue weighted by Crippen LogP contribution is 2.34. The van der Waals surface area contributed by atoms with Crippen molar-refractivity contribution in [1.82, 2.24) is 10.6 Å². The van der Waals surface area contributed by atoms with Gasteiger partial charge in [0.15, 0.2) is 5.96 Å². The van der Waals surface area contributed by atoms with Crippen LogP contribution in [0.15, 0.2) is 29.3 Å². The second kappa shape index (κ2) is 10.2. The molecule has 1 saturated heterocycles. The third kappa shape index (κ3) is 5.87. The van der Waals surface area contributed by atoms with Crippen LogP contribution in [0.5, 0.6) is 0 Å². The van der Waals surface area contributed by atoms with Gasteiger partial charge >= 0.3 is 0 Å². The maximum Gasteiger partial charge on any atom is 0.191 e. The first-order valence-corrected chi connectivity index (χ1v) is 10.0. The van der Waals surface area contributed by atoms with Crippen LogP contribution in [0.4, 0.5) is 0 Å². The van der Waals surface area contributed by atoms with E-state index in [0.717, 1.165) is 61.4 Å². The minimum Gasteiger partial charge on any atom is -0.381 e. The summed E-state index contributed by atoms with van der Waals surface area (Å²) in [4.78, 5) is 4.69. The Balaban J connectivity index is 1.99. The van der Waals surface area contributed by atoms with Gasteiger partial charge in [0.05, 0.1) is 6.54 Å². The summed E-state index contributed by atoms with van der Waals surface area (Å²) in [6.07, 6.45) is 2.17. The van der Waals surface area contributed by atoms with E-state index >= 15 is 0 Å².